The predicted molar refractivity (Wildman–Crippen MR) is 99.6 cm³/mol. The normalized spacial score (nSPS) is 11.7. The minimum atomic E-state index is -2.39. The molecule has 1 aromatic rings. The van der Waals surface area contributed by atoms with Crippen LogP contribution in [0.1, 0.15) is 42.5 Å². The second-order valence-corrected chi connectivity index (χ2v) is 5.80. The Balaban J connectivity index is -0.00000243. The van der Waals surface area contributed by atoms with E-state index in [9.17, 15) is 31.5 Å². The summed E-state index contributed by atoms with van der Waals surface area (Å²) in [7, 11) is 1.33. The van der Waals surface area contributed by atoms with Gasteiger partial charge in [0, 0.05) is 13.5 Å². The van der Waals surface area contributed by atoms with Gasteiger partial charge in [-0.1, -0.05) is 36.1 Å². The highest BCUT2D eigenvalue weighted by molar-refractivity contribution is 5.68. The molecule has 0 spiro atoms. The van der Waals surface area contributed by atoms with Gasteiger partial charge in [0.25, 0.3) is 0 Å². The van der Waals surface area contributed by atoms with Crippen LogP contribution in [0.5, 0.6) is 5.75 Å². The Kier molecular flexibility index (Phi) is 14.8. The smallest absolute Gasteiger partial charge is 0.465 e. The number of carbonyl (C=O) groups excluding carboxylic acids is 2. The first-order valence-corrected chi connectivity index (χ1v) is 7.57. The lowest BCUT2D eigenvalue weighted by atomic mass is 9.94. The first-order valence-electron chi connectivity index (χ1n) is 7.57. The van der Waals surface area contributed by atoms with Gasteiger partial charge < -0.3 is 18.9 Å². The molecule has 0 saturated heterocycles. The van der Waals surface area contributed by atoms with Gasteiger partial charge in [-0.05, 0) is 0 Å². The Morgan fingerprint density at radius 1 is 0.800 bits per heavy atom. The summed E-state index contributed by atoms with van der Waals surface area (Å²) in [5, 5.41) is 0. The second-order valence-electron chi connectivity index (χ2n) is 5.80. The molecule has 1 unspecified atom stereocenters. The van der Waals surface area contributed by atoms with E-state index < -0.39 is 59.0 Å². The Labute approximate surface area is 173 Å². The molecule has 6 nitrogen and oxygen atoms in total. The van der Waals surface area contributed by atoms with Gasteiger partial charge in [-0.15, -0.1) is 0 Å². The van der Waals surface area contributed by atoms with Gasteiger partial charge in [0.15, 0.2) is 0 Å². The summed E-state index contributed by atoms with van der Waals surface area (Å²) in [5.74, 6) is -13.9. The average Bonchev–Trinajstić information content (AvgIpc) is 2.65. The lowest BCUT2D eigenvalue weighted by molar-refractivity contribution is -0.149. The third kappa shape index (κ3) is 8.13. The Morgan fingerprint density at radius 3 is 1.67 bits per heavy atom. The van der Waals surface area contributed by atoms with Crippen molar-refractivity contribution < 1.29 is 50.5 Å². The summed E-state index contributed by atoms with van der Waals surface area (Å²) in [4.78, 5) is 22.8. The van der Waals surface area contributed by atoms with Crippen LogP contribution in [0.15, 0.2) is 0 Å². The van der Waals surface area contributed by atoms with Crippen LogP contribution in [-0.4, -0.2) is 39.1 Å². The number of esters is 1. The van der Waals surface area contributed by atoms with Crippen molar-refractivity contribution in [1.29, 1.82) is 0 Å². The zero-order valence-corrected chi connectivity index (χ0v) is 14.7. The van der Waals surface area contributed by atoms with Gasteiger partial charge in [-0.3, -0.25) is 4.79 Å². The minimum absolute atomic E-state index is 0. The van der Waals surface area contributed by atoms with E-state index in [1.807, 2.05) is 0 Å². The van der Waals surface area contributed by atoms with Crippen molar-refractivity contribution in [2.24, 2.45) is 5.41 Å². The van der Waals surface area contributed by atoms with E-state index in [0.29, 0.717) is 0 Å². The molecule has 1 rings (SSSR count). The molecule has 0 amide bonds. The molecule has 0 radical (unpaired) electrons. The van der Waals surface area contributed by atoms with E-state index in [4.69, 9.17) is 9.47 Å². The maximum Gasteiger partial charge on any atom is 0.514 e. The first-order chi connectivity index (χ1) is 12.6. The van der Waals surface area contributed by atoms with E-state index in [1.54, 1.807) is 6.92 Å². The van der Waals surface area contributed by atoms with E-state index >= 15 is 0 Å². The molecule has 1 atom stereocenters. The average molecular weight is 448 g/mol. The quantitative estimate of drug-likeness (QED) is 0.174. The summed E-state index contributed by atoms with van der Waals surface area (Å²) < 4.78 is 84.7. The zero-order chi connectivity index (χ0) is 20.8. The molecule has 0 aliphatic rings. The summed E-state index contributed by atoms with van der Waals surface area (Å²) in [6.45, 7) is 2.31. The fraction of sp³-hybridized carbons (Fsp3) is 0.579. The number of benzene rings is 1. The summed E-state index contributed by atoms with van der Waals surface area (Å²) in [6, 6.07) is 0. The van der Waals surface area contributed by atoms with Crippen LogP contribution in [0, 0.1) is 34.5 Å². The molecule has 0 bridgehead atoms. The Morgan fingerprint density at radius 2 is 1.23 bits per heavy atom. The van der Waals surface area contributed by atoms with Gasteiger partial charge in [0.2, 0.25) is 34.8 Å². The molecular weight excluding hydrogens is 419 g/mol. The van der Waals surface area contributed by atoms with Gasteiger partial charge in [-0.2, -0.15) is 8.78 Å². The van der Waals surface area contributed by atoms with Crippen LogP contribution in [0.4, 0.5) is 26.7 Å². The Bertz CT molecular complexity index is 684. The SMILES string of the molecule is C.C.C.CCC(=O)OCC(C)(COC)COC(=O)Oc1c(F)c(F)c(F)c(F)c1F. The Hall–Kier alpha value is -2.43. The van der Waals surface area contributed by atoms with Gasteiger partial charge >= 0.3 is 12.1 Å². The molecule has 1 aromatic carbocycles. The summed E-state index contributed by atoms with van der Waals surface area (Å²) in [6.07, 6.45) is -1.62. The van der Waals surface area contributed by atoms with Gasteiger partial charge in [0.1, 0.15) is 13.2 Å². The molecule has 0 aliphatic carbocycles. The molecule has 30 heavy (non-hydrogen) atoms. The number of carbonyl (C=O) groups is 2. The number of hydrogen-bond donors (Lipinski definition) is 0. The number of halogens is 5. The highest BCUT2D eigenvalue weighted by Crippen LogP contribution is 2.29. The molecule has 0 N–H and O–H groups in total. The highest BCUT2D eigenvalue weighted by atomic mass is 19.2. The van der Waals surface area contributed by atoms with Crippen molar-refractivity contribution in [1.82, 2.24) is 0 Å². The van der Waals surface area contributed by atoms with Crippen molar-refractivity contribution in [3.63, 3.8) is 0 Å². The topological polar surface area (TPSA) is 71.1 Å². The van der Waals surface area contributed by atoms with Crippen molar-refractivity contribution in [3.8, 4) is 5.75 Å². The second kappa shape index (κ2) is 13.7. The fourth-order valence-electron chi connectivity index (χ4n) is 1.85. The summed E-state index contributed by atoms with van der Waals surface area (Å²) in [5.41, 5.74) is -1.05. The van der Waals surface area contributed by atoms with E-state index in [0.717, 1.165) is 0 Å². The maximum atomic E-state index is 13.5. The molecule has 0 heterocycles. The molecule has 176 valence electrons. The molecule has 0 aromatic heterocycles. The number of ether oxygens (including phenoxy) is 4. The number of rotatable bonds is 8. The highest BCUT2D eigenvalue weighted by Gasteiger charge is 2.32. The molecular formula is C19H29F5O6. The first kappa shape index (κ1) is 32.2. The van der Waals surface area contributed by atoms with E-state index in [1.165, 1.54) is 14.0 Å². The van der Waals surface area contributed by atoms with Crippen LogP contribution in [0.2, 0.25) is 0 Å². The third-order valence-corrected chi connectivity index (χ3v) is 3.26. The standard InChI is InChI=1S/C16H17F5O6.3CH4/c1-4-8(22)25-6-16(2,5-24-3)7-26-15(23)27-14-12(20)10(18)9(17)11(19)13(14)21;;;/h4-7H2,1-3H3;3*1H4. The lowest BCUT2D eigenvalue weighted by Gasteiger charge is -2.27. The maximum absolute atomic E-state index is 13.5. The summed E-state index contributed by atoms with van der Waals surface area (Å²) >= 11 is 0. The third-order valence-electron chi connectivity index (χ3n) is 3.26. The molecule has 11 heteroatoms. The largest absolute Gasteiger partial charge is 0.514 e. The van der Waals surface area contributed by atoms with Crippen LogP contribution < -0.4 is 4.74 Å². The van der Waals surface area contributed by atoms with Crippen molar-refractivity contribution >= 4 is 12.1 Å². The predicted octanol–water partition coefficient (Wildman–Crippen LogP) is 5.41. The van der Waals surface area contributed by atoms with E-state index in [-0.39, 0.29) is 41.9 Å². The van der Waals surface area contributed by atoms with Crippen LogP contribution in [-0.2, 0) is 19.0 Å². The van der Waals surface area contributed by atoms with Crippen molar-refractivity contribution in [2.45, 2.75) is 42.5 Å². The van der Waals surface area contributed by atoms with Crippen molar-refractivity contribution in [2.75, 3.05) is 26.9 Å². The monoisotopic (exact) mass is 448 g/mol. The molecule has 0 fully saturated rings. The lowest BCUT2D eigenvalue weighted by Crippen LogP contribution is -2.36. The van der Waals surface area contributed by atoms with E-state index in [2.05, 4.69) is 9.47 Å². The molecule has 0 saturated carbocycles. The number of hydrogen-bond acceptors (Lipinski definition) is 6. The van der Waals surface area contributed by atoms with Crippen LogP contribution in [0.3, 0.4) is 0 Å². The van der Waals surface area contributed by atoms with Crippen LogP contribution in [0.25, 0.3) is 0 Å². The van der Waals surface area contributed by atoms with Crippen molar-refractivity contribution in [3.05, 3.63) is 29.1 Å². The molecule has 0 aliphatic heterocycles. The number of methoxy groups -OCH3 is 1. The zero-order valence-electron chi connectivity index (χ0n) is 14.7. The van der Waals surface area contributed by atoms with Gasteiger partial charge in [-0.25, -0.2) is 18.0 Å². The van der Waals surface area contributed by atoms with Crippen LogP contribution >= 0.6 is 0 Å². The fourth-order valence-corrected chi connectivity index (χ4v) is 1.85. The van der Waals surface area contributed by atoms with Gasteiger partial charge in [0.05, 0.1) is 12.0 Å². The minimum Gasteiger partial charge on any atom is -0.465 e.